The minimum Gasteiger partial charge on any atom is -0.399 e. The molecule has 0 radical (unpaired) electrons. The van der Waals surface area contributed by atoms with Gasteiger partial charge in [0.1, 0.15) is 0 Å². The molecule has 0 heterocycles. The fourth-order valence-electron chi connectivity index (χ4n) is 2.05. The van der Waals surface area contributed by atoms with Gasteiger partial charge in [-0.15, -0.1) is 0 Å². The van der Waals surface area contributed by atoms with Crippen LogP contribution < -0.4 is 10.5 Å². The van der Waals surface area contributed by atoms with Gasteiger partial charge in [-0.3, -0.25) is 4.72 Å². The fraction of sp³-hybridized carbons (Fsp3) is 0.200. The monoisotopic (exact) mass is 368 g/mol. The van der Waals surface area contributed by atoms with Crippen LogP contribution in [0.1, 0.15) is 16.7 Å². The summed E-state index contributed by atoms with van der Waals surface area (Å²) in [6.07, 6.45) is 0. The maximum Gasteiger partial charge on any atom is 0.262 e. The minimum atomic E-state index is -3.69. The van der Waals surface area contributed by atoms with Crippen molar-refractivity contribution < 1.29 is 8.42 Å². The van der Waals surface area contributed by atoms with E-state index in [0.29, 0.717) is 21.4 Å². The number of halogens is 1. The molecule has 2 aromatic rings. The van der Waals surface area contributed by atoms with Gasteiger partial charge in [0.2, 0.25) is 0 Å². The molecule has 2 aromatic carbocycles. The van der Waals surface area contributed by atoms with Crippen molar-refractivity contribution in [3.05, 3.63) is 51.5 Å². The van der Waals surface area contributed by atoms with Crippen molar-refractivity contribution in [2.24, 2.45) is 0 Å². The van der Waals surface area contributed by atoms with Gasteiger partial charge in [-0.2, -0.15) is 0 Å². The Balaban J connectivity index is 2.51. The molecule has 6 heteroatoms. The molecule has 0 aliphatic rings. The van der Waals surface area contributed by atoms with Crippen LogP contribution in [0.2, 0.25) is 0 Å². The van der Waals surface area contributed by atoms with Gasteiger partial charge in [-0.25, -0.2) is 8.42 Å². The number of nitrogens with one attached hydrogen (secondary N) is 1. The quantitative estimate of drug-likeness (QED) is 0.810. The van der Waals surface area contributed by atoms with E-state index < -0.39 is 10.0 Å². The zero-order chi connectivity index (χ0) is 15.8. The van der Waals surface area contributed by atoms with Crippen molar-refractivity contribution >= 4 is 37.3 Å². The zero-order valence-corrected chi connectivity index (χ0v) is 14.5. The van der Waals surface area contributed by atoms with Gasteiger partial charge >= 0.3 is 0 Å². The number of benzene rings is 2. The highest BCUT2D eigenvalue weighted by atomic mass is 79.9. The first-order valence-electron chi connectivity index (χ1n) is 6.36. The Labute approximate surface area is 133 Å². The molecule has 0 saturated carbocycles. The molecule has 21 heavy (non-hydrogen) atoms. The smallest absolute Gasteiger partial charge is 0.262 e. The van der Waals surface area contributed by atoms with Crippen LogP contribution in [0.5, 0.6) is 0 Å². The predicted molar refractivity (Wildman–Crippen MR) is 90.0 cm³/mol. The van der Waals surface area contributed by atoms with Gasteiger partial charge in [0.25, 0.3) is 10.0 Å². The summed E-state index contributed by atoms with van der Waals surface area (Å²) in [4.78, 5) is 0.202. The van der Waals surface area contributed by atoms with Crippen molar-refractivity contribution in [1.82, 2.24) is 0 Å². The van der Waals surface area contributed by atoms with E-state index in [4.69, 9.17) is 5.73 Å². The number of nitrogen functional groups attached to an aromatic ring is 1. The predicted octanol–water partition coefficient (Wildman–Crippen LogP) is 3.76. The summed E-state index contributed by atoms with van der Waals surface area (Å²) in [5, 5.41) is 0. The third kappa shape index (κ3) is 3.39. The van der Waals surface area contributed by atoms with Crippen LogP contribution in [0, 0.1) is 20.8 Å². The second-order valence-electron chi connectivity index (χ2n) is 5.05. The number of aryl methyl sites for hydroxylation is 2. The summed E-state index contributed by atoms with van der Waals surface area (Å²) in [5.74, 6) is 0. The van der Waals surface area contributed by atoms with Crippen LogP contribution in [0.4, 0.5) is 11.4 Å². The van der Waals surface area contributed by atoms with E-state index in [1.54, 1.807) is 19.1 Å². The molecule has 0 aliphatic heterocycles. The zero-order valence-electron chi connectivity index (χ0n) is 12.1. The third-order valence-electron chi connectivity index (χ3n) is 3.30. The van der Waals surface area contributed by atoms with Crippen molar-refractivity contribution in [2.45, 2.75) is 25.7 Å². The van der Waals surface area contributed by atoms with Crippen molar-refractivity contribution in [2.75, 3.05) is 10.5 Å². The third-order valence-corrected chi connectivity index (χ3v) is 5.48. The molecular formula is C15H17BrN2O2S. The van der Waals surface area contributed by atoms with Gasteiger partial charge in [0.05, 0.1) is 10.6 Å². The average molecular weight is 369 g/mol. The van der Waals surface area contributed by atoms with E-state index in [1.165, 1.54) is 6.07 Å². The van der Waals surface area contributed by atoms with E-state index in [9.17, 15) is 8.42 Å². The largest absolute Gasteiger partial charge is 0.399 e. The Morgan fingerprint density at radius 2 is 1.76 bits per heavy atom. The molecule has 2 rings (SSSR count). The molecule has 112 valence electrons. The first-order valence-corrected chi connectivity index (χ1v) is 8.64. The minimum absolute atomic E-state index is 0.202. The maximum atomic E-state index is 12.6. The van der Waals surface area contributed by atoms with Crippen molar-refractivity contribution in [3.63, 3.8) is 0 Å². The van der Waals surface area contributed by atoms with E-state index >= 15 is 0 Å². The second-order valence-corrected chi connectivity index (χ2v) is 7.55. The molecular weight excluding hydrogens is 352 g/mol. The first kappa shape index (κ1) is 15.9. The normalized spacial score (nSPS) is 11.4. The highest BCUT2D eigenvalue weighted by Gasteiger charge is 2.19. The fourth-order valence-corrected chi connectivity index (χ4v) is 3.95. The van der Waals surface area contributed by atoms with Crippen LogP contribution >= 0.6 is 15.9 Å². The Morgan fingerprint density at radius 1 is 1.10 bits per heavy atom. The van der Waals surface area contributed by atoms with E-state index in [0.717, 1.165) is 11.1 Å². The van der Waals surface area contributed by atoms with Crippen LogP contribution in [0.25, 0.3) is 0 Å². The Morgan fingerprint density at radius 3 is 2.43 bits per heavy atom. The molecule has 0 spiro atoms. The summed E-state index contributed by atoms with van der Waals surface area (Å²) < 4.78 is 28.5. The topological polar surface area (TPSA) is 72.2 Å². The molecule has 0 saturated heterocycles. The Bertz CT molecular complexity index is 802. The molecule has 0 atom stereocenters. The molecule has 0 aliphatic carbocycles. The van der Waals surface area contributed by atoms with Crippen LogP contribution in [-0.2, 0) is 10.0 Å². The lowest BCUT2D eigenvalue weighted by atomic mass is 10.1. The molecule has 0 aromatic heterocycles. The van der Waals surface area contributed by atoms with E-state index in [-0.39, 0.29) is 4.90 Å². The number of hydrogen-bond acceptors (Lipinski definition) is 3. The summed E-state index contributed by atoms with van der Waals surface area (Å²) >= 11 is 3.35. The summed E-state index contributed by atoms with van der Waals surface area (Å²) in [6.45, 7) is 5.52. The van der Waals surface area contributed by atoms with Gasteiger partial charge in [0.15, 0.2) is 0 Å². The number of rotatable bonds is 3. The van der Waals surface area contributed by atoms with Crippen LogP contribution in [0.15, 0.2) is 39.7 Å². The molecule has 0 amide bonds. The summed E-state index contributed by atoms with van der Waals surface area (Å²) in [5.41, 5.74) is 9.22. The van der Waals surface area contributed by atoms with E-state index in [2.05, 4.69) is 20.7 Å². The van der Waals surface area contributed by atoms with Crippen LogP contribution in [-0.4, -0.2) is 8.42 Å². The Kier molecular flexibility index (Phi) is 4.30. The van der Waals surface area contributed by atoms with Crippen molar-refractivity contribution in [3.8, 4) is 0 Å². The molecule has 3 N–H and O–H groups in total. The Hall–Kier alpha value is -1.53. The SMILES string of the molecule is Cc1ccc(Br)c(NS(=O)(=O)c2cc(N)cc(C)c2C)c1. The molecule has 0 unspecified atom stereocenters. The highest BCUT2D eigenvalue weighted by Crippen LogP contribution is 2.28. The number of sulfonamides is 1. The summed E-state index contributed by atoms with van der Waals surface area (Å²) in [6, 6.07) is 8.73. The standard InChI is InChI=1S/C15H17BrN2O2S/c1-9-4-5-13(16)14(6-9)18-21(19,20)15-8-12(17)7-10(2)11(15)3/h4-8,18H,17H2,1-3H3. The van der Waals surface area contributed by atoms with Gasteiger partial charge < -0.3 is 5.73 Å². The van der Waals surface area contributed by atoms with Crippen molar-refractivity contribution in [1.29, 1.82) is 0 Å². The van der Waals surface area contributed by atoms with Gasteiger partial charge in [-0.05, 0) is 77.7 Å². The highest BCUT2D eigenvalue weighted by molar-refractivity contribution is 9.10. The molecule has 0 bridgehead atoms. The number of hydrogen-bond donors (Lipinski definition) is 2. The number of anilines is 2. The maximum absolute atomic E-state index is 12.6. The van der Waals surface area contributed by atoms with E-state index in [1.807, 2.05) is 26.0 Å². The average Bonchev–Trinajstić information content (AvgIpc) is 2.37. The summed E-state index contributed by atoms with van der Waals surface area (Å²) in [7, 11) is -3.69. The second kappa shape index (κ2) is 5.69. The number of nitrogens with two attached hydrogens (primary N) is 1. The van der Waals surface area contributed by atoms with Gasteiger partial charge in [0, 0.05) is 10.2 Å². The molecule has 4 nitrogen and oxygen atoms in total. The lowest BCUT2D eigenvalue weighted by Crippen LogP contribution is -2.15. The first-order chi connectivity index (χ1) is 9.70. The lowest BCUT2D eigenvalue weighted by Gasteiger charge is -2.14. The van der Waals surface area contributed by atoms with Crippen LogP contribution in [0.3, 0.4) is 0 Å². The van der Waals surface area contributed by atoms with Gasteiger partial charge in [-0.1, -0.05) is 6.07 Å². The molecule has 0 fully saturated rings. The lowest BCUT2D eigenvalue weighted by molar-refractivity contribution is 0.600.